The number of carbonyl (C=O) groups excluding carboxylic acids is 2. The molecular weight excluding hydrogens is 412 g/mol. The fraction of sp³-hybridized carbons (Fsp3) is 0.444. The van der Waals surface area contributed by atoms with Gasteiger partial charge in [-0.05, 0) is 68.0 Å². The van der Waals surface area contributed by atoms with Crippen LogP contribution in [0.3, 0.4) is 0 Å². The molecule has 2 heterocycles. The van der Waals surface area contributed by atoms with Crippen LogP contribution in [0.4, 0.5) is 5.82 Å². The van der Waals surface area contributed by atoms with Crippen LogP contribution in [-0.4, -0.2) is 46.4 Å². The van der Waals surface area contributed by atoms with Gasteiger partial charge in [0.1, 0.15) is 5.82 Å². The molecule has 2 aliphatic carbocycles. The number of pyridine rings is 1. The third-order valence-corrected chi connectivity index (χ3v) is 7.30. The van der Waals surface area contributed by atoms with Crippen LogP contribution in [0.2, 0.25) is 0 Å². The molecule has 33 heavy (non-hydrogen) atoms. The number of nitrogens with one attached hydrogen (secondary N) is 2. The van der Waals surface area contributed by atoms with E-state index in [9.17, 15) is 9.59 Å². The maximum Gasteiger partial charge on any atom is 0.243 e. The number of aromatic nitrogens is 1. The lowest BCUT2D eigenvalue weighted by Gasteiger charge is -2.43. The molecule has 2 unspecified atom stereocenters. The monoisotopic (exact) mass is 442 g/mol. The van der Waals surface area contributed by atoms with Crippen LogP contribution in [0.15, 0.2) is 42.6 Å². The molecule has 2 aromatic rings. The highest BCUT2D eigenvalue weighted by atomic mass is 16.2. The first-order chi connectivity index (χ1) is 16.0. The molecule has 5 rings (SSSR count). The molecule has 170 valence electrons. The molecular formula is C27H30N4O2. The molecule has 2 fully saturated rings. The molecule has 6 heteroatoms. The number of carbonyl (C=O) groups is 2. The molecule has 2 N–H and O–H groups in total. The van der Waals surface area contributed by atoms with Gasteiger partial charge in [-0.15, -0.1) is 0 Å². The fourth-order valence-electron chi connectivity index (χ4n) is 5.37. The van der Waals surface area contributed by atoms with Crippen LogP contribution in [0, 0.1) is 17.8 Å². The van der Waals surface area contributed by atoms with Gasteiger partial charge in [0.2, 0.25) is 11.8 Å². The predicted octanol–water partition coefficient (Wildman–Crippen LogP) is 2.92. The Bertz CT molecular complexity index is 1110. The molecule has 1 aromatic carbocycles. The van der Waals surface area contributed by atoms with Gasteiger partial charge in [-0.1, -0.05) is 36.8 Å². The average molecular weight is 443 g/mol. The van der Waals surface area contributed by atoms with Crippen LogP contribution in [-0.2, 0) is 22.4 Å². The van der Waals surface area contributed by atoms with Crippen LogP contribution in [0.5, 0.6) is 0 Å². The van der Waals surface area contributed by atoms with Crippen LogP contribution < -0.4 is 10.6 Å². The van der Waals surface area contributed by atoms with Crippen molar-refractivity contribution in [2.24, 2.45) is 5.92 Å². The summed E-state index contributed by atoms with van der Waals surface area (Å²) in [7, 11) is 0. The van der Waals surface area contributed by atoms with Crippen molar-refractivity contribution in [2.75, 3.05) is 18.4 Å². The fourth-order valence-corrected chi connectivity index (χ4v) is 5.37. The smallest absolute Gasteiger partial charge is 0.243 e. The maximum atomic E-state index is 13.1. The minimum atomic E-state index is -0.355. The summed E-state index contributed by atoms with van der Waals surface area (Å²) < 4.78 is 0. The lowest BCUT2D eigenvalue weighted by molar-refractivity contribution is -0.143. The highest BCUT2D eigenvalue weighted by Gasteiger charge is 2.47. The van der Waals surface area contributed by atoms with E-state index in [2.05, 4.69) is 46.5 Å². The Balaban J connectivity index is 1.22. The van der Waals surface area contributed by atoms with E-state index in [1.165, 1.54) is 11.1 Å². The summed E-state index contributed by atoms with van der Waals surface area (Å²) >= 11 is 0. The van der Waals surface area contributed by atoms with Gasteiger partial charge < -0.3 is 15.5 Å². The number of anilines is 1. The standard InChI is InChI=1S/C27H30N4O2/c1-19-18-29-27(11-3-4-12-27)26(33)31(19)14-6-7-20-9-10-21-16-23(17-22(21)15-20)25(32)30-24-8-2-5-13-28-24/h2,5,8-10,13,15,19,23,29H,3-4,11-12,14,16-18H2,1H3,(H,28,30,32). The molecule has 2 atom stereocenters. The highest BCUT2D eigenvalue weighted by Crippen LogP contribution is 2.34. The van der Waals surface area contributed by atoms with Crippen molar-refractivity contribution in [1.82, 2.24) is 15.2 Å². The van der Waals surface area contributed by atoms with E-state index in [0.717, 1.165) is 44.2 Å². The van der Waals surface area contributed by atoms with Gasteiger partial charge in [0.25, 0.3) is 0 Å². The number of hydrogen-bond acceptors (Lipinski definition) is 4. The highest BCUT2D eigenvalue weighted by molar-refractivity contribution is 5.92. The Labute approximate surface area is 195 Å². The number of nitrogens with zero attached hydrogens (tertiary/aromatic N) is 2. The Kier molecular flexibility index (Phi) is 5.90. The van der Waals surface area contributed by atoms with Gasteiger partial charge in [0, 0.05) is 30.3 Å². The number of benzene rings is 1. The number of fused-ring (bicyclic) bond motifs is 1. The van der Waals surface area contributed by atoms with Gasteiger partial charge in [-0.25, -0.2) is 4.98 Å². The van der Waals surface area contributed by atoms with Crippen LogP contribution in [0.25, 0.3) is 0 Å². The van der Waals surface area contributed by atoms with Gasteiger partial charge in [-0.3, -0.25) is 9.59 Å². The van der Waals surface area contributed by atoms with Crippen molar-refractivity contribution in [3.05, 3.63) is 59.3 Å². The first kappa shape index (κ1) is 21.7. The summed E-state index contributed by atoms with van der Waals surface area (Å²) in [4.78, 5) is 31.9. The SMILES string of the molecule is CC1CNC2(CCCC2)C(=O)N1CC#Cc1ccc2c(c1)CC(C(=O)Nc1ccccn1)C2. The Morgan fingerprint density at radius 3 is 2.82 bits per heavy atom. The molecule has 1 aliphatic heterocycles. The summed E-state index contributed by atoms with van der Waals surface area (Å²) in [5, 5.41) is 6.42. The van der Waals surface area contributed by atoms with Gasteiger partial charge in [0.15, 0.2) is 0 Å². The van der Waals surface area contributed by atoms with E-state index in [0.29, 0.717) is 18.8 Å². The summed E-state index contributed by atoms with van der Waals surface area (Å²) in [5.74, 6) is 7.20. The zero-order chi connectivity index (χ0) is 22.8. The topological polar surface area (TPSA) is 74.3 Å². The minimum Gasteiger partial charge on any atom is -0.326 e. The second kappa shape index (κ2) is 8.99. The Morgan fingerprint density at radius 1 is 1.21 bits per heavy atom. The van der Waals surface area contributed by atoms with Gasteiger partial charge >= 0.3 is 0 Å². The van der Waals surface area contributed by atoms with Crippen molar-refractivity contribution in [3.63, 3.8) is 0 Å². The van der Waals surface area contributed by atoms with Crippen LogP contribution >= 0.6 is 0 Å². The van der Waals surface area contributed by atoms with E-state index in [1.54, 1.807) is 12.3 Å². The van der Waals surface area contributed by atoms with Crippen molar-refractivity contribution in [2.45, 2.75) is 57.0 Å². The number of piperazine rings is 1. The summed E-state index contributed by atoms with van der Waals surface area (Å²) in [6, 6.07) is 11.8. The normalized spacial score (nSPS) is 23.2. The summed E-state index contributed by atoms with van der Waals surface area (Å²) in [6.45, 7) is 3.36. The predicted molar refractivity (Wildman–Crippen MR) is 127 cm³/mol. The Morgan fingerprint density at radius 2 is 2.03 bits per heavy atom. The van der Waals surface area contributed by atoms with Crippen molar-refractivity contribution >= 4 is 17.6 Å². The van der Waals surface area contributed by atoms with Crippen molar-refractivity contribution in [1.29, 1.82) is 0 Å². The number of rotatable bonds is 3. The molecule has 1 spiro atoms. The van der Waals surface area contributed by atoms with Gasteiger partial charge in [-0.2, -0.15) is 0 Å². The summed E-state index contributed by atoms with van der Waals surface area (Å²) in [6.07, 6.45) is 7.21. The van der Waals surface area contributed by atoms with E-state index in [1.807, 2.05) is 23.1 Å². The second-order valence-corrected chi connectivity index (χ2v) is 9.55. The third-order valence-electron chi connectivity index (χ3n) is 7.30. The first-order valence-electron chi connectivity index (χ1n) is 11.9. The maximum absolute atomic E-state index is 13.1. The molecule has 0 radical (unpaired) electrons. The summed E-state index contributed by atoms with van der Waals surface area (Å²) in [5.41, 5.74) is 2.97. The van der Waals surface area contributed by atoms with Gasteiger partial charge in [0.05, 0.1) is 12.1 Å². The van der Waals surface area contributed by atoms with E-state index >= 15 is 0 Å². The minimum absolute atomic E-state index is 0.00424. The first-order valence-corrected chi connectivity index (χ1v) is 11.9. The molecule has 1 saturated heterocycles. The zero-order valence-corrected chi connectivity index (χ0v) is 19.1. The quantitative estimate of drug-likeness (QED) is 0.717. The molecule has 6 nitrogen and oxygen atoms in total. The third kappa shape index (κ3) is 4.38. The van der Waals surface area contributed by atoms with Crippen molar-refractivity contribution < 1.29 is 9.59 Å². The van der Waals surface area contributed by atoms with Crippen LogP contribution in [0.1, 0.15) is 49.3 Å². The molecule has 1 saturated carbocycles. The molecule has 0 bridgehead atoms. The molecule has 1 aromatic heterocycles. The largest absolute Gasteiger partial charge is 0.326 e. The zero-order valence-electron chi connectivity index (χ0n) is 19.1. The number of hydrogen-bond donors (Lipinski definition) is 2. The molecule has 3 aliphatic rings. The molecule has 2 amide bonds. The van der Waals surface area contributed by atoms with E-state index in [-0.39, 0.29) is 29.3 Å². The lowest BCUT2D eigenvalue weighted by Crippen LogP contribution is -2.66. The lowest BCUT2D eigenvalue weighted by atomic mass is 9.91. The van der Waals surface area contributed by atoms with E-state index < -0.39 is 0 Å². The average Bonchev–Trinajstić information content (AvgIpc) is 3.47. The second-order valence-electron chi connectivity index (χ2n) is 9.55. The van der Waals surface area contributed by atoms with E-state index in [4.69, 9.17) is 0 Å². The van der Waals surface area contributed by atoms with Crippen molar-refractivity contribution in [3.8, 4) is 11.8 Å². The number of amides is 2. The Hall–Kier alpha value is -3.17.